The second-order valence-electron chi connectivity index (χ2n) is 4.96. The molecular formula is C17H21NO. The fraction of sp³-hybridized carbons (Fsp3) is 0.294. The lowest BCUT2D eigenvalue weighted by molar-refractivity contribution is 0.309. The summed E-state index contributed by atoms with van der Waals surface area (Å²) in [6, 6.07) is 14.3. The zero-order valence-corrected chi connectivity index (χ0v) is 11.6. The fourth-order valence-electron chi connectivity index (χ4n) is 2.10. The molecule has 0 saturated carbocycles. The Morgan fingerprint density at radius 2 is 1.74 bits per heavy atom. The minimum atomic E-state index is 0.744. The second-order valence-corrected chi connectivity index (χ2v) is 4.96. The maximum absolute atomic E-state index is 5.81. The molecule has 0 fully saturated rings. The molecule has 0 spiro atoms. The minimum Gasteiger partial charge on any atom is -0.493 e. The molecule has 2 aromatic rings. The highest BCUT2D eigenvalue weighted by Crippen LogP contribution is 2.19. The van der Waals surface area contributed by atoms with Crippen LogP contribution in [-0.2, 0) is 6.42 Å². The number of rotatable bonds is 5. The van der Waals surface area contributed by atoms with Crippen LogP contribution in [0.5, 0.6) is 5.75 Å². The Morgan fingerprint density at radius 1 is 1.00 bits per heavy atom. The van der Waals surface area contributed by atoms with Crippen molar-refractivity contribution in [2.45, 2.75) is 26.7 Å². The van der Waals surface area contributed by atoms with E-state index in [1.165, 1.54) is 16.7 Å². The molecule has 0 aromatic heterocycles. The van der Waals surface area contributed by atoms with Gasteiger partial charge in [0.15, 0.2) is 0 Å². The van der Waals surface area contributed by atoms with Crippen molar-refractivity contribution < 1.29 is 4.74 Å². The van der Waals surface area contributed by atoms with Crippen LogP contribution in [0.1, 0.15) is 23.1 Å². The molecule has 100 valence electrons. The average Bonchev–Trinajstić information content (AvgIpc) is 2.39. The average molecular weight is 255 g/mol. The van der Waals surface area contributed by atoms with Gasteiger partial charge in [0.25, 0.3) is 0 Å². The molecule has 2 rings (SSSR count). The molecule has 0 unspecified atom stereocenters. The molecule has 0 aliphatic rings. The second kappa shape index (κ2) is 6.28. The van der Waals surface area contributed by atoms with E-state index in [4.69, 9.17) is 10.5 Å². The standard InChI is InChI=1S/C17H21NO/c1-13-5-10-17(14(2)12-13)19-11-3-4-15-6-8-16(18)9-7-15/h5-10,12H,3-4,11,18H2,1-2H3. The molecule has 2 heteroatoms. The smallest absolute Gasteiger partial charge is 0.122 e. The van der Waals surface area contributed by atoms with Crippen molar-refractivity contribution in [3.63, 3.8) is 0 Å². The number of nitrogens with two attached hydrogens (primary N) is 1. The van der Waals surface area contributed by atoms with Gasteiger partial charge in [-0.1, -0.05) is 29.8 Å². The SMILES string of the molecule is Cc1ccc(OCCCc2ccc(N)cc2)c(C)c1. The van der Waals surface area contributed by atoms with Crippen LogP contribution < -0.4 is 10.5 Å². The summed E-state index contributed by atoms with van der Waals surface area (Å²) in [4.78, 5) is 0. The van der Waals surface area contributed by atoms with Crippen LogP contribution in [0.3, 0.4) is 0 Å². The Hall–Kier alpha value is -1.96. The number of ether oxygens (including phenoxy) is 1. The van der Waals surface area contributed by atoms with E-state index in [2.05, 4.69) is 38.1 Å². The third kappa shape index (κ3) is 4.02. The van der Waals surface area contributed by atoms with Crippen LogP contribution in [-0.4, -0.2) is 6.61 Å². The van der Waals surface area contributed by atoms with Gasteiger partial charge in [-0.15, -0.1) is 0 Å². The highest BCUT2D eigenvalue weighted by molar-refractivity contribution is 5.39. The Balaban J connectivity index is 1.79. The molecule has 0 atom stereocenters. The summed E-state index contributed by atoms with van der Waals surface area (Å²) in [5.74, 6) is 0.989. The molecule has 19 heavy (non-hydrogen) atoms. The van der Waals surface area contributed by atoms with Gasteiger partial charge in [0.05, 0.1) is 6.61 Å². The van der Waals surface area contributed by atoms with Crippen molar-refractivity contribution in [1.82, 2.24) is 0 Å². The summed E-state index contributed by atoms with van der Waals surface area (Å²) < 4.78 is 5.81. The van der Waals surface area contributed by atoms with Gasteiger partial charge in [0.2, 0.25) is 0 Å². The van der Waals surface area contributed by atoms with E-state index in [1.54, 1.807) is 0 Å². The van der Waals surface area contributed by atoms with Crippen molar-refractivity contribution in [1.29, 1.82) is 0 Å². The lowest BCUT2D eigenvalue weighted by atomic mass is 10.1. The number of nitrogen functional groups attached to an aromatic ring is 1. The molecule has 2 nitrogen and oxygen atoms in total. The maximum atomic E-state index is 5.81. The quantitative estimate of drug-likeness (QED) is 0.649. The number of aryl methyl sites for hydroxylation is 3. The maximum Gasteiger partial charge on any atom is 0.122 e. The molecular weight excluding hydrogens is 234 g/mol. The number of hydrogen-bond donors (Lipinski definition) is 1. The highest BCUT2D eigenvalue weighted by Gasteiger charge is 1.99. The van der Waals surface area contributed by atoms with Crippen LogP contribution in [0.2, 0.25) is 0 Å². The van der Waals surface area contributed by atoms with E-state index in [1.807, 2.05) is 18.2 Å². The first-order chi connectivity index (χ1) is 9.15. The molecule has 0 radical (unpaired) electrons. The molecule has 0 bridgehead atoms. The van der Waals surface area contributed by atoms with Crippen molar-refractivity contribution in [3.8, 4) is 5.75 Å². The number of anilines is 1. The lowest BCUT2D eigenvalue weighted by Gasteiger charge is -2.09. The van der Waals surface area contributed by atoms with Gasteiger partial charge >= 0.3 is 0 Å². The predicted octanol–water partition coefficient (Wildman–Crippen LogP) is 3.90. The van der Waals surface area contributed by atoms with Crippen LogP contribution >= 0.6 is 0 Å². The van der Waals surface area contributed by atoms with E-state index in [0.29, 0.717) is 0 Å². The monoisotopic (exact) mass is 255 g/mol. The van der Waals surface area contributed by atoms with Gasteiger partial charge in [0, 0.05) is 5.69 Å². The van der Waals surface area contributed by atoms with E-state index < -0.39 is 0 Å². The summed E-state index contributed by atoms with van der Waals surface area (Å²) in [6.45, 7) is 4.93. The molecule has 2 aromatic carbocycles. The van der Waals surface area contributed by atoms with Gasteiger partial charge in [0.1, 0.15) is 5.75 Å². The topological polar surface area (TPSA) is 35.2 Å². The zero-order valence-electron chi connectivity index (χ0n) is 11.6. The molecule has 2 N–H and O–H groups in total. The highest BCUT2D eigenvalue weighted by atomic mass is 16.5. The van der Waals surface area contributed by atoms with Gasteiger partial charge in [-0.2, -0.15) is 0 Å². The van der Waals surface area contributed by atoms with Crippen LogP contribution in [0.4, 0.5) is 5.69 Å². The molecule has 0 heterocycles. The van der Waals surface area contributed by atoms with Gasteiger partial charge in [-0.25, -0.2) is 0 Å². The summed E-state index contributed by atoms with van der Waals surface area (Å²) >= 11 is 0. The van der Waals surface area contributed by atoms with Crippen molar-refractivity contribution in [2.24, 2.45) is 0 Å². The molecule has 0 saturated heterocycles. The predicted molar refractivity (Wildman–Crippen MR) is 80.6 cm³/mol. The van der Waals surface area contributed by atoms with Crippen LogP contribution in [0, 0.1) is 13.8 Å². The molecule has 0 amide bonds. The van der Waals surface area contributed by atoms with E-state index in [0.717, 1.165) is 30.9 Å². The van der Waals surface area contributed by atoms with Gasteiger partial charge < -0.3 is 10.5 Å². The first kappa shape index (κ1) is 13.5. The van der Waals surface area contributed by atoms with Crippen LogP contribution in [0.15, 0.2) is 42.5 Å². The Morgan fingerprint density at radius 3 is 2.42 bits per heavy atom. The van der Waals surface area contributed by atoms with Crippen LogP contribution in [0.25, 0.3) is 0 Å². The zero-order chi connectivity index (χ0) is 13.7. The Labute approximate surface area is 115 Å². The van der Waals surface area contributed by atoms with Gasteiger partial charge in [-0.3, -0.25) is 0 Å². The normalized spacial score (nSPS) is 10.4. The first-order valence-corrected chi connectivity index (χ1v) is 6.69. The number of benzene rings is 2. The summed E-state index contributed by atoms with van der Waals surface area (Å²) in [7, 11) is 0. The Bertz CT molecular complexity index is 531. The van der Waals surface area contributed by atoms with E-state index in [9.17, 15) is 0 Å². The fourth-order valence-corrected chi connectivity index (χ4v) is 2.10. The summed E-state index contributed by atoms with van der Waals surface area (Å²) in [5.41, 5.74) is 10.3. The summed E-state index contributed by atoms with van der Waals surface area (Å²) in [5, 5.41) is 0. The van der Waals surface area contributed by atoms with E-state index in [-0.39, 0.29) is 0 Å². The van der Waals surface area contributed by atoms with E-state index >= 15 is 0 Å². The van der Waals surface area contributed by atoms with Crippen molar-refractivity contribution >= 4 is 5.69 Å². The van der Waals surface area contributed by atoms with Crippen molar-refractivity contribution in [3.05, 3.63) is 59.2 Å². The molecule has 0 aliphatic carbocycles. The lowest BCUT2D eigenvalue weighted by Crippen LogP contribution is -2.01. The molecule has 0 aliphatic heterocycles. The Kier molecular flexibility index (Phi) is 4.45. The summed E-state index contributed by atoms with van der Waals surface area (Å²) in [6.07, 6.45) is 2.03. The first-order valence-electron chi connectivity index (χ1n) is 6.69. The minimum absolute atomic E-state index is 0.744. The third-order valence-electron chi connectivity index (χ3n) is 3.18. The van der Waals surface area contributed by atoms with Gasteiger partial charge in [-0.05, 0) is 56.0 Å². The third-order valence-corrected chi connectivity index (χ3v) is 3.18. The van der Waals surface area contributed by atoms with Crippen molar-refractivity contribution in [2.75, 3.05) is 12.3 Å². The largest absolute Gasteiger partial charge is 0.493 e. The number of hydrogen-bond acceptors (Lipinski definition) is 2.